The van der Waals surface area contributed by atoms with Crippen molar-refractivity contribution in [1.82, 2.24) is 14.5 Å². The second kappa shape index (κ2) is 8.92. The van der Waals surface area contributed by atoms with Gasteiger partial charge in [0.2, 0.25) is 5.43 Å². The summed E-state index contributed by atoms with van der Waals surface area (Å²) in [5.41, 5.74) is 1.24. The van der Waals surface area contributed by atoms with Crippen molar-refractivity contribution >= 4 is 22.5 Å². The van der Waals surface area contributed by atoms with E-state index in [0.717, 1.165) is 18.5 Å². The van der Waals surface area contributed by atoms with Crippen LogP contribution in [0.5, 0.6) is 17.2 Å². The van der Waals surface area contributed by atoms with E-state index in [1.165, 1.54) is 29.3 Å². The zero-order valence-corrected chi connectivity index (χ0v) is 20.2. The third-order valence-electron chi connectivity index (χ3n) is 6.88. The lowest BCUT2D eigenvalue weighted by Crippen LogP contribution is -2.33. The van der Waals surface area contributed by atoms with E-state index < -0.39 is 17.2 Å². The van der Waals surface area contributed by atoms with Gasteiger partial charge < -0.3 is 24.6 Å². The van der Waals surface area contributed by atoms with Crippen molar-refractivity contribution in [3.8, 4) is 22.9 Å². The van der Waals surface area contributed by atoms with Crippen LogP contribution in [-0.2, 0) is 6.42 Å². The first-order chi connectivity index (χ1) is 17.9. The minimum Gasteiger partial charge on any atom is -0.508 e. The van der Waals surface area contributed by atoms with Crippen LogP contribution in [0.2, 0.25) is 0 Å². The molecule has 1 amide bonds. The molecule has 9 heteroatoms. The first-order valence-corrected chi connectivity index (χ1v) is 12.2. The zero-order valence-electron chi connectivity index (χ0n) is 20.2. The molecule has 2 aromatic carbocycles. The minimum absolute atomic E-state index is 0.0195. The third kappa shape index (κ3) is 4.16. The summed E-state index contributed by atoms with van der Waals surface area (Å²) in [5.74, 6) is -0.201. The Morgan fingerprint density at radius 2 is 2.11 bits per heavy atom. The van der Waals surface area contributed by atoms with Crippen molar-refractivity contribution in [1.29, 1.82) is 0 Å². The molecule has 1 fully saturated rings. The van der Waals surface area contributed by atoms with Gasteiger partial charge in [-0.05, 0) is 49.1 Å². The number of aromatic hydroxyl groups is 1. The molecule has 1 aliphatic heterocycles. The molecule has 0 atom stereocenters. The van der Waals surface area contributed by atoms with Crippen molar-refractivity contribution in [2.75, 3.05) is 25.5 Å². The highest BCUT2D eigenvalue weighted by molar-refractivity contribution is 6.01. The largest absolute Gasteiger partial charge is 0.508 e. The van der Waals surface area contributed by atoms with Crippen LogP contribution < -0.4 is 15.5 Å². The molecule has 0 unspecified atom stereocenters. The first kappa shape index (κ1) is 23.0. The molecular formula is C28H25FN4O4. The number of carbonyl (C=O) groups is 1. The van der Waals surface area contributed by atoms with Crippen LogP contribution in [-0.4, -0.2) is 45.6 Å². The third-order valence-corrected chi connectivity index (χ3v) is 6.88. The molecule has 0 radical (unpaired) electrons. The predicted octanol–water partition coefficient (Wildman–Crippen LogP) is 4.47. The van der Waals surface area contributed by atoms with E-state index in [1.807, 2.05) is 18.2 Å². The lowest BCUT2D eigenvalue weighted by atomic mass is 10.1. The number of ether oxygens (including phenoxy) is 1. The number of amides is 1. The van der Waals surface area contributed by atoms with Gasteiger partial charge in [0.15, 0.2) is 17.3 Å². The summed E-state index contributed by atoms with van der Waals surface area (Å²) in [6, 6.07) is 11.3. The monoisotopic (exact) mass is 500 g/mol. The fourth-order valence-corrected chi connectivity index (χ4v) is 4.63. The number of fused-ring (bicyclic) bond motifs is 2. The number of hydrogen-bond acceptors (Lipinski definition) is 6. The summed E-state index contributed by atoms with van der Waals surface area (Å²) < 4.78 is 23.1. The average Bonchev–Trinajstić information content (AvgIpc) is 3.73. The van der Waals surface area contributed by atoms with Gasteiger partial charge in [0, 0.05) is 50.7 Å². The van der Waals surface area contributed by atoms with Gasteiger partial charge in [0.05, 0.1) is 11.1 Å². The van der Waals surface area contributed by atoms with Crippen LogP contribution in [0.25, 0.3) is 16.6 Å². The predicted molar refractivity (Wildman–Crippen MR) is 137 cm³/mol. The van der Waals surface area contributed by atoms with Gasteiger partial charge in [-0.15, -0.1) is 0 Å². The standard InChI is InChI=1S/C28H25FN4O4/c1-32(11-9-17-4-2-3-10-30-17)28(36)20-15-33-22-8-7-18(34)12-23(22)37-27-24(31-14-16-5-6-16)21(29)13-19(25(27)33)26(20)35/h2-4,7-8,10,12-13,15-16,31,34H,5-6,9,11,14H2,1H3. The van der Waals surface area contributed by atoms with E-state index >= 15 is 4.39 Å². The molecule has 2 aromatic heterocycles. The maximum Gasteiger partial charge on any atom is 0.259 e. The highest BCUT2D eigenvalue weighted by Crippen LogP contribution is 2.46. The van der Waals surface area contributed by atoms with E-state index in [4.69, 9.17) is 4.74 Å². The van der Waals surface area contributed by atoms with Crippen LogP contribution in [0.1, 0.15) is 28.9 Å². The van der Waals surface area contributed by atoms with Gasteiger partial charge in [-0.1, -0.05) is 6.07 Å². The summed E-state index contributed by atoms with van der Waals surface area (Å²) in [7, 11) is 1.62. The Bertz CT molecular complexity index is 1600. The van der Waals surface area contributed by atoms with Crippen molar-refractivity contribution in [2.45, 2.75) is 19.3 Å². The van der Waals surface area contributed by atoms with E-state index in [1.54, 1.807) is 23.9 Å². The molecule has 2 aliphatic rings. The molecule has 8 nitrogen and oxygen atoms in total. The Morgan fingerprint density at radius 1 is 1.27 bits per heavy atom. The number of pyridine rings is 2. The Labute approximate surface area is 211 Å². The van der Waals surface area contributed by atoms with E-state index in [9.17, 15) is 14.7 Å². The number of carbonyl (C=O) groups excluding carboxylic acids is 1. The number of likely N-dealkylation sites (N-methyl/N-ethyl adjacent to an activating group) is 1. The number of anilines is 1. The number of phenols is 1. The van der Waals surface area contributed by atoms with Gasteiger partial charge >= 0.3 is 0 Å². The van der Waals surface area contributed by atoms with Crippen molar-refractivity contribution in [2.24, 2.45) is 5.92 Å². The first-order valence-electron chi connectivity index (χ1n) is 12.2. The number of aromatic nitrogens is 2. The van der Waals surface area contributed by atoms with Crippen molar-refractivity contribution < 1.29 is 19.0 Å². The average molecular weight is 501 g/mol. The van der Waals surface area contributed by atoms with Crippen LogP contribution >= 0.6 is 0 Å². The zero-order chi connectivity index (χ0) is 25.7. The molecule has 188 valence electrons. The van der Waals surface area contributed by atoms with Gasteiger partial charge in [0.25, 0.3) is 5.91 Å². The van der Waals surface area contributed by atoms with Gasteiger partial charge in [-0.25, -0.2) is 4.39 Å². The number of nitrogens with one attached hydrogen (secondary N) is 1. The van der Waals surface area contributed by atoms with E-state index in [0.29, 0.717) is 42.4 Å². The summed E-state index contributed by atoms with van der Waals surface area (Å²) in [5, 5.41) is 13.2. The molecule has 4 aromatic rings. The topological polar surface area (TPSA) is 96.7 Å². The molecule has 1 saturated carbocycles. The number of halogens is 1. The number of benzene rings is 2. The van der Waals surface area contributed by atoms with E-state index in [2.05, 4.69) is 10.3 Å². The summed E-state index contributed by atoms with van der Waals surface area (Å²) in [6.07, 6.45) is 5.86. The molecule has 37 heavy (non-hydrogen) atoms. The van der Waals surface area contributed by atoms with Gasteiger partial charge in [0.1, 0.15) is 22.5 Å². The number of phenolic OH excluding ortho intramolecular Hbond substituents is 1. The van der Waals surface area contributed by atoms with Crippen LogP contribution in [0.3, 0.4) is 0 Å². The normalized spacial score (nSPS) is 13.7. The fourth-order valence-electron chi connectivity index (χ4n) is 4.63. The highest BCUT2D eigenvalue weighted by atomic mass is 19.1. The smallest absolute Gasteiger partial charge is 0.259 e. The van der Waals surface area contributed by atoms with Crippen molar-refractivity contribution in [3.05, 3.63) is 82.2 Å². The SMILES string of the molecule is CN(CCc1ccccn1)C(=O)c1cn2c3c(c(NCC4CC4)c(F)cc3c1=O)Oc1cc(O)ccc1-2. The number of hydrogen-bond donors (Lipinski definition) is 2. The molecular weight excluding hydrogens is 475 g/mol. The summed E-state index contributed by atoms with van der Waals surface area (Å²) in [6.45, 7) is 0.943. The Balaban J connectivity index is 1.46. The van der Waals surface area contributed by atoms with Crippen LogP contribution in [0.4, 0.5) is 10.1 Å². The van der Waals surface area contributed by atoms with Crippen molar-refractivity contribution in [3.63, 3.8) is 0 Å². The second-order valence-corrected chi connectivity index (χ2v) is 9.58. The Kier molecular flexibility index (Phi) is 5.55. The molecule has 0 saturated heterocycles. The molecule has 3 heterocycles. The minimum atomic E-state index is -0.636. The lowest BCUT2D eigenvalue weighted by Gasteiger charge is -2.27. The highest BCUT2D eigenvalue weighted by Gasteiger charge is 2.30. The second-order valence-electron chi connectivity index (χ2n) is 9.58. The lowest BCUT2D eigenvalue weighted by molar-refractivity contribution is 0.0794. The van der Waals surface area contributed by atoms with Gasteiger partial charge in [-0.2, -0.15) is 0 Å². The Morgan fingerprint density at radius 3 is 2.86 bits per heavy atom. The summed E-state index contributed by atoms with van der Waals surface area (Å²) in [4.78, 5) is 32.7. The maximum atomic E-state index is 15.4. The van der Waals surface area contributed by atoms with Crippen LogP contribution in [0.15, 0.2) is 59.7 Å². The maximum absolute atomic E-state index is 15.4. The Hall–Kier alpha value is -4.40. The summed E-state index contributed by atoms with van der Waals surface area (Å²) >= 11 is 0. The fraction of sp³-hybridized carbons (Fsp3) is 0.250. The quantitative estimate of drug-likeness (QED) is 0.342. The molecule has 0 bridgehead atoms. The van der Waals surface area contributed by atoms with E-state index in [-0.39, 0.29) is 28.1 Å². The molecule has 6 rings (SSSR count). The number of rotatable bonds is 7. The number of nitrogens with zero attached hydrogens (tertiary/aromatic N) is 3. The molecule has 2 N–H and O–H groups in total. The molecule has 1 aliphatic carbocycles. The van der Waals surface area contributed by atoms with Crippen LogP contribution in [0, 0.1) is 11.7 Å². The molecule has 0 spiro atoms. The van der Waals surface area contributed by atoms with Gasteiger partial charge in [-0.3, -0.25) is 14.6 Å².